The first kappa shape index (κ1) is 20.9. The summed E-state index contributed by atoms with van der Waals surface area (Å²) in [5.74, 6) is 0.543. The third-order valence-electron chi connectivity index (χ3n) is 5.80. The number of piperidine rings is 1. The van der Waals surface area contributed by atoms with Gasteiger partial charge in [0.15, 0.2) is 5.13 Å². The summed E-state index contributed by atoms with van der Waals surface area (Å²) < 4.78 is 20.9. The number of ether oxygens (including phenoxy) is 1. The largest absolute Gasteiger partial charge is 0.508 e. The highest BCUT2D eigenvalue weighted by molar-refractivity contribution is 7.22. The Labute approximate surface area is 180 Å². The highest BCUT2D eigenvalue weighted by Gasteiger charge is 2.40. The zero-order chi connectivity index (χ0) is 21.1. The van der Waals surface area contributed by atoms with Crippen LogP contribution in [0.15, 0.2) is 36.4 Å². The number of halogens is 1. The predicted molar refractivity (Wildman–Crippen MR) is 120 cm³/mol. The van der Waals surface area contributed by atoms with Crippen molar-refractivity contribution in [3.8, 4) is 11.5 Å². The van der Waals surface area contributed by atoms with Crippen molar-refractivity contribution in [2.45, 2.75) is 38.2 Å². The number of thiazole rings is 1. The van der Waals surface area contributed by atoms with Gasteiger partial charge >= 0.3 is 0 Å². The fourth-order valence-corrected chi connectivity index (χ4v) is 5.02. The van der Waals surface area contributed by atoms with Gasteiger partial charge in [0.2, 0.25) is 0 Å². The average Bonchev–Trinajstić information content (AvgIpc) is 3.17. The average molecular weight is 430 g/mol. The van der Waals surface area contributed by atoms with E-state index in [9.17, 15) is 9.50 Å². The van der Waals surface area contributed by atoms with Crippen LogP contribution in [-0.4, -0.2) is 41.7 Å². The van der Waals surface area contributed by atoms with Crippen LogP contribution in [0.2, 0.25) is 0 Å². The predicted octanol–water partition coefficient (Wildman–Crippen LogP) is 5.35. The van der Waals surface area contributed by atoms with Crippen molar-refractivity contribution in [1.29, 1.82) is 0 Å². The maximum Gasteiger partial charge on any atom is 0.183 e. The second kappa shape index (κ2) is 8.78. The van der Waals surface area contributed by atoms with Crippen molar-refractivity contribution < 1.29 is 14.2 Å². The number of phenolic OH excluding ortho intramolecular Hbond substituents is 1. The van der Waals surface area contributed by atoms with Crippen LogP contribution in [0.5, 0.6) is 11.5 Å². The van der Waals surface area contributed by atoms with Crippen molar-refractivity contribution >= 4 is 26.7 Å². The van der Waals surface area contributed by atoms with E-state index < -0.39 is 5.60 Å². The van der Waals surface area contributed by atoms with E-state index in [2.05, 4.69) is 17.1 Å². The minimum absolute atomic E-state index is 0.208. The highest BCUT2D eigenvalue weighted by atomic mass is 32.1. The molecule has 1 aliphatic heterocycles. The van der Waals surface area contributed by atoms with Crippen LogP contribution in [0.3, 0.4) is 0 Å². The Kier molecular flexibility index (Phi) is 6.11. The number of fused-ring (bicyclic) bond motifs is 1. The van der Waals surface area contributed by atoms with Crippen LogP contribution in [-0.2, 0) is 5.60 Å². The Hall–Kier alpha value is -2.38. The summed E-state index contributed by atoms with van der Waals surface area (Å²) in [5.41, 5.74) is 1.12. The summed E-state index contributed by atoms with van der Waals surface area (Å²) in [5, 5.41) is 14.4. The van der Waals surface area contributed by atoms with E-state index in [0.717, 1.165) is 53.4 Å². The van der Waals surface area contributed by atoms with Crippen molar-refractivity contribution in [2.75, 3.05) is 32.0 Å². The van der Waals surface area contributed by atoms with Gasteiger partial charge in [0.25, 0.3) is 0 Å². The molecule has 5 nitrogen and oxygen atoms in total. The first-order valence-corrected chi connectivity index (χ1v) is 11.3. The number of aromatic hydroxyl groups is 1. The zero-order valence-electron chi connectivity index (χ0n) is 17.4. The number of rotatable bonds is 7. The summed E-state index contributed by atoms with van der Waals surface area (Å²) in [7, 11) is 1.84. The van der Waals surface area contributed by atoms with Crippen LogP contribution in [0, 0.1) is 5.82 Å². The topological polar surface area (TPSA) is 57.6 Å². The van der Waals surface area contributed by atoms with Gasteiger partial charge in [-0.3, -0.25) is 0 Å². The number of unbranched alkanes of at least 4 members (excludes halogenated alkanes) is 1. The molecule has 0 aliphatic carbocycles. The van der Waals surface area contributed by atoms with E-state index in [4.69, 9.17) is 9.72 Å². The van der Waals surface area contributed by atoms with Crippen molar-refractivity contribution in [3.05, 3.63) is 47.8 Å². The molecule has 0 amide bonds. The third kappa shape index (κ3) is 4.23. The Balaban J connectivity index is 1.75. The molecular weight excluding hydrogens is 401 g/mol. The van der Waals surface area contributed by atoms with Gasteiger partial charge in [0.1, 0.15) is 22.9 Å². The standard InChI is InChI=1S/C23H28FN3O2S/c1-3-4-11-27-12-9-23(10-13-27,29-18-7-5-16(24)6-8-18)19-14-17(28)15-20-21(19)26-22(25-2)30-20/h5-8,14-15,28H,3-4,9-13H2,1-2H3,(H,25,26). The quantitative estimate of drug-likeness (QED) is 0.530. The molecule has 1 aromatic heterocycles. The van der Waals surface area contributed by atoms with Gasteiger partial charge in [-0.25, -0.2) is 9.37 Å². The number of nitrogens with one attached hydrogen (secondary N) is 1. The summed E-state index contributed by atoms with van der Waals surface area (Å²) in [6, 6.07) is 9.70. The number of hydrogen-bond donors (Lipinski definition) is 2. The molecule has 7 heteroatoms. The number of benzene rings is 2. The fourth-order valence-electron chi connectivity index (χ4n) is 4.14. The van der Waals surface area contributed by atoms with Gasteiger partial charge in [-0.2, -0.15) is 0 Å². The van der Waals surface area contributed by atoms with E-state index in [-0.39, 0.29) is 11.6 Å². The SMILES string of the molecule is CCCCN1CCC(Oc2ccc(F)cc2)(c2cc(O)cc3sc(NC)nc23)CC1. The lowest BCUT2D eigenvalue weighted by molar-refractivity contribution is -0.00215. The van der Waals surface area contributed by atoms with Crippen LogP contribution >= 0.6 is 11.3 Å². The summed E-state index contributed by atoms with van der Waals surface area (Å²) in [4.78, 5) is 7.23. The molecule has 0 atom stereocenters. The number of likely N-dealkylation sites (tertiary alicyclic amines) is 1. The Morgan fingerprint density at radius 3 is 2.63 bits per heavy atom. The van der Waals surface area contributed by atoms with E-state index in [1.54, 1.807) is 24.3 Å². The molecule has 4 rings (SSSR count). The van der Waals surface area contributed by atoms with Gasteiger partial charge < -0.3 is 20.1 Å². The van der Waals surface area contributed by atoms with Gasteiger partial charge in [-0.1, -0.05) is 24.7 Å². The minimum atomic E-state index is -0.628. The normalized spacial score (nSPS) is 16.6. The molecule has 0 spiro atoms. The molecule has 0 saturated carbocycles. The molecule has 3 aromatic rings. The molecule has 0 unspecified atom stereocenters. The Morgan fingerprint density at radius 2 is 1.97 bits per heavy atom. The Bertz CT molecular complexity index is 998. The van der Waals surface area contributed by atoms with Crippen molar-refractivity contribution in [3.63, 3.8) is 0 Å². The van der Waals surface area contributed by atoms with Gasteiger partial charge in [-0.15, -0.1) is 0 Å². The summed E-state index contributed by atoms with van der Waals surface area (Å²) >= 11 is 1.51. The zero-order valence-corrected chi connectivity index (χ0v) is 18.3. The van der Waals surface area contributed by atoms with E-state index in [0.29, 0.717) is 5.75 Å². The van der Waals surface area contributed by atoms with Crippen LogP contribution in [0.4, 0.5) is 9.52 Å². The number of phenols is 1. The maximum atomic E-state index is 13.4. The van der Waals surface area contributed by atoms with E-state index in [1.165, 1.54) is 36.3 Å². The lowest BCUT2D eigenvalue weighted by Gasteiger charge is -2.42. The summed E-state index contributed by atoms with van der Waals surface area (Å²) in [6.07, 6.45) is 3.91. The fraction of sp³-hybridized carbons (Fsp3) is 0.435. The summed E-state index contributed by atoms with van der Waals surface area (Å²) in [6.45, 7) is 5.10. The molecule has 0 radical (unpaired) electrons. The minimum Gasteiger partial charge on any atom is -0.508 e. The van der Waals surface area contributed by atoms with E-state index in [1.807, 2.05) is 7.05 Å². The third-order valence-corrected chi connectivity index (χ3v) is 6.82. The van der Waals surface area contributed by atoms with Gasteiger partial charge in [0, 0.05) is 38.5 Å². The lowest BCUT2D eigenvalue weighted by Crippen LogP contribution is -2.46. The molecular formula is C23H28FN3O2S. The Morgan fingerprint density at radius 1 is 1.23 bits per heavy atom. The molecule has 1 fully saturated rings. The van der Waals surface area contributed by atoms with Crippen molar-refractivity contribution in [1.82, 2.24) is 9.88 Å². The molecule has 30 heavy (non-hydrogen) atoms. The monoisotopic (exact) mass is 429 g/mol. The maximum absolute atomic E-state index is 13.4. The molecule has 2 N–H and O–H groups in total. The number of aromatic nitrogens is 1. The van der Waals surface area contributed by atoms with E-state index >= 15 is 0 Å². The molecule has 160 valence electrons. The van der Waals surface area contributed by atoms with Gasteiger partial charge in [-0.05, 0) is 49.4 Å². The number of hydrogen-bond acceptors (Lipinski definition) is 6. The first-order valence-electron chi connectivity index (χ1n) is 10.5. The van der Waals surface area contributed by atoms with Gasteiger partial charge in [0.05, 0.1) is 10.2 Å². The second-order valence-electron chi connectivity index (χ2n) is 7.85. The van der Waals surface area contributed by atoms with Crippen LogP contribution in [0.1, 0.15) is 38.2 Å². The van der Waals surface area contributed by atoms with Crippen LogP contribution < -0.4 is 10.1 Å². The molecule has 0 bridgehead atoms. The number of nitrogens with zero attached hydrogens (tertiary/aromatic N) is 2. The number of anilines is 1. The lowest BCUT2D eigenvalue weighted by atomic mass is 9.83. The molecule has 2 heterocycles. The second-order valence-corrected chi connectivity index (χ2v) is 8.89. The van der Waals surface area contributed by atoms with Crippen molar-refractivity contribution in [2.24, 2.45) is 0 Å². The van der Waals surface area contributed by atoms with Crippen LogP contribution in [0.25, 0.3) is 10.2 Å². The first-order chi connectivity index (χ1) is 14.5. The molecule has 1 saturated heterocycles. The molecule has 1 aliphatic rings. The molecule has 2 aromatic carbocycles. The highest BCUT2D eigenvalue weighted by Crippen LogP contribution is 2.44. The smallest absolute Gasteiger partial charge is 0.183 e.